The number of hydrogen-bond donors (Lipinski definition) is 0. The molecule has 0 saturated carbocycles. The Morgan fingerprint density at radius 1 is 0.300 bits per heavy atom. The molecule has 0 bridgehead atoms. The molecule has 0 spiro atoms. The van der Waals surface area contributed by atoms with Gasteiger partial charge in [0.15, 0.2) is 11.6 Å². The first kappa shape index (κ1) is 28.2. The number of rotatable bonds is 5. The van der Waals surface area contributed by atoms with E-state index in [0.29, 0.717) is 17.6 Å². The molecule has 10 rings (SSSR count). The van der Waals surface area contributed by atoms with Gasteiger partial charge in [0.25, 0.3) is 0 Å². The Labute approximate surface area is 288 Å². The van der Waals surface area contributed by atoms with E-state index in [9.17, 15) is 0 Å². The average Bonchev–Trinajstić information content (AvgIpc) is 3.71. The molecule has 0 radical (unpaired) electrons. The predicted molar refractivity (Wildman–Crippen MR) is 205 cm³/mol. The molecule has 3 heterocycles. The maximum absolute atomic E-state index is 5.12. The molecular weight excluding hydrogens is 611 g/mol. The van der Waals surface area contributed by atoms with Crippen LogP contribution in [0.25, 0.3) is 89.2 Å². The molecule has 0 aliphatic carbocycles. The van der Waals surface area contributed by atoms with Crippen LogP contribution in [0.1, 0.15) is 0 Å². The summed E-state index contributed by atoms with van der Waals surface area (Å²) in [7, 11) is 0. The highest BCUT2D eigenvalue weighted by atomic mass is 15.2. The van der Waals surface area contributed by atoms with E-state index in [1.165, 1.54) is 21.8 Å². The van der Waals surface area contributed by atoms with Crippen molar-refractivity contribution in [2.24, 2.45) is 0 Å². The predicted octanol–water partition coefficient (Wildman–Crippen LogP) is 11.1. The fourth-order valence-corrected chi connectivity index (χ4v) is 7.27. The first-order chi connectivity index (χ1) is 24.8. The topological polar surface area (TPSA) is 48.5 Å². The molecule has 0 aliphatic rings. The molecule has 0 N–H and O–H groups in total. The molecule has 234 valence electrons. The minimum absolute atomic E-state index is 0.584. The number of benzene rings is 7. The van der Waals surface area contributed by atoms with Crippen LogP contribution in [0.4, 0.5) is 0 Å². The van der Waals surface area contributed by atoms with Crippen LogP contribution in [0, 0.1) is 0 Å². The van der Waals surface area contributed by atoms with Gasteiger partial charge in [0, 0.05) is 38.4 Å². The second-order valence-electron chi connectivity index (χ2n) is 12.5. The van der Waals surface area contributed by atoms with E-state index in [0.717, 1.165) is 49.7 Å². The Kier molecular flexibility index (Phi) is 6.42. The lowest BCUT2D eigenvalue weighted by atomic mass is 10.0. The molecular formula is C45H29N5. The highest BCUT2D eigenvalue weighted by Crippen LogP contribution is 2.38. The van der Waals surface area contributed by atoms with Crippen molar-refractivity contribution in [1.29, 1.82) is 0 Å². The fourth-order valence-electron chi connectivity index (χ4n) is 7.27. The molecule has 3 aromatic heterocycles. The Morgan fingerprint density at radius 3 is 1.26 bits per heavy atom. The Balaban J connectivity index is 1.22. The third kappa shape index (κ3) is 4.52. The van der Waals surface area contributed by atoms with E-state index in [2.05, 4.69) is 124 Å². The first-order valence-corrected chi connectivity index (χ1v) is 16.8. The summed E-state index contributed by atoms with van der Waals surface area (Å²) in [5.74, 6) is 1.85. The van der Waals surface area contributed by atoms with E-state index in [4.69, 9.17) is 15.0 Å². The third-order valence-electron chi connectivity index (χ3n) is 9.58. The van der Waals surface area contributed by atoms with Gasteiger partial charge in [-0.1, -0.05) is 140 Å². The van der Waals surface area contributed by atoms with Crippen molar-refractivity contribution in [3.05, 3.63) is 176 Å². The second kappa shape index (κ2) is 11.4. The smallest absolute Gasteiger partial charge is 0.238 e. The van der Waals surface area contributed by atoms with Gasteiger partial charge in [-0.25, -0.2) is 4.98 Å². The van der Waals surface area contributed by atoms with Crippen molar-refractivity contribution in [1.82, 2.24) is 24.1 Å². The molecule has 50 heavy (non-hydrogen) atoms. The van der Waals surface area contributed by atoms with Crippen molar-refractivity contribution < 1.29 is 0 Å². The zero-order chi connectivity index (χ0) is 33.0. The van der Waals surface area contributed by atoms with Crippen molar-refractivity contribution in [2.45, 2.75) is 0 Å². The number of fused-ring (bicyclic) bond motifs is 6. The van der Waals surface area contributed by atoms with Gasteiger partial charge in [-0.15, -0.1) is 0 Å². The highest BCUT2D eigenvalue weighted by molar-refractivity contribution is 6.12. The van der Waals surface area contributed by atoms with Gasteiger partial charge in [-0.3, -0.25) is 4.57 Å². The van der Waals surface area contributed by atoms with Crippen LogP contribution in [-0.2, 0) is 0 Å². The van der Waals surface area contributed by atoms with E-state index < -0.39 is 0 Å². The molecule has 0 unspecified atom stereocenters. The van der Waals surface area contributed by atoms with Gasteiger partial charge < -0.3 is 4.57 Å². The summed E-state index contributed by atoms with van der Waals surface area (Å²) in [6.07, 6.45) is 0. The van der Waals surface area contributed by atoms with Crippen molar-refractivity contribution in [3.8, 4) is 45.5 Å². The minimum Gasteiger partial charge on any atom is -0.309 e. The summed E-state index contributed by atoms with van der Waals surface area (Å²) in [6, 6.07) is 61.6. The minimum atomic E-state index is 0.584. The van der Waals surface area contributed by atoms with Crippen molar-refractivity contribution in [2.75, 3.05) is 0 Å². The standard InChI is InChI=1S/C45H29N5/c1-4-14-30(15-5-1)43-46-44(31-16-6-2-7-17-31)48-45(47-43)50-40-23-13-11-21-36(40)38-27-25-33(29-42(38)50)32-24-26-37-35-20-10-12-22-39(35)49(41(37)28-32)34-18-8-3-9-19-34/h1-29H. The summed E-state index contributed by atoms with van der Waals surface area (Å²) in [6.45, 7) is 0. The molecule has 10 aromatic rings. The zero-order valence-electron chi connectivity index (χ0n) is 27.0. The van der Waals surface area contributed by atoms with Gasteiger partial charge in [0.2, 0.25) is 5.95 Å². The lowest BCUT2D eigenvalue weighted by Gasteiger charge is -2.12. The van der Waals surface area contributed by atoms with Gasteiger partial charge in [0.1, 0.15) is 0 Å². The van der Waals surface area contributed by atoms with Crippen LogP contribution >= 0.6 is 0 Å². The van der Waals surface area contributed by atoms with Crippen molar-refractivity contribution >= 4 is 43.6 Å². The Bertz CT molecular complexity index is 2800. The normalized spacial score (nSPS) is 11.6. The molecule has 0 aliphatic heterocycles. The van der Waals surface area contributed by atoms with E-state index in [1.54, 1.807) is 0 Å². The molecule has 0 amide bonds. The maximum Gasteiger partial charge on any atom is 0.238 e. The Morgan fingerprint density at radius 2 is 0.720 bits per heavy atom. The quantitative estimate of drug-likeness (QED) is 0.188. The summed E-state index contributed by atoms with van der Waals surface area (Å²) >= 11 is 0. The van der Waals surface area contributed by atoms with Crippen LogP contribution in [0.5, 0.6) is 0 Å². The molecule has 5 nitrogen and oxygen atoms in total. The van der Waals surface area contributed by atoms with Gasteiger partial charge in [-0.2, -0.15) is 9.97 Å². The number of para-hydroxylation sites is 3. The summed E-state index contributed by atoms with van der Waals surface area (Å²) in [4.78, 5) is 15.2. The van der Waals surface area contributed by atoms with Crippen LogP contribution in [0.15, 0.2) is 176 Å². The molecule has 7 aromatic carbocycles. The monoisotopic (exact) mass is 639 g/mol. The van der Waals surface area contributed by atoms with Gasteiger partial charge in [-0.05, 0) is 47.5 Å². The van der Waals surface area contributed by atoms with Crippen LogP contribution in [-0.4, -0.2) is 24.1 Å². The summed E-state index contributed by atoms with van der Waals surface area (Å²) < 4.78 is 4.55. The summed E-state index contributed by atoms with van der Waals surface area (Å²) in [5, 5.41) is 4.77. The lowest BCUT2D eigenvalue weighted by Crippen LogP contribution is -2.06. The lowest BCUT2D eigenvalue weighted by molar-refractivity contribution is 0.953. The van der Waals surface area contributed by atoms with Crippen molar-refractivity contribution in [3.63, 3.8) is 0 Å². The zero-order valence-corrected chi connectivity index (χ0v) is 27.0. The van der Waals surface area contributed by atoms with Crippen LogP contribution in [0.3, 0.4) is 0 Å². The van der Waals surface area contributed by atoms with E-state index in [1.807, 2.05) is 60.7 Å². The number of aromatic nitrogens is 5. The third-order valence-corrected chi connectivity index (χ3v) is 9.58. The van der Waals surface area contributed by atoms with E-state index in [-0.39, 0.29) is 0 Å². The average molecular weight is 640 g/mol. The highest BCUT2D eigenvalue weighted by Gasteiger charge is 2.19. The number of hydrogen-bond acceptors (Lipinski definition) is 3. The van der Waals surface area contributed by atoms with Gasteiger partial charge in [0.05, 0.1) is 22.1 Å². The fraction of sp³-hybridized carbons (Fsp3) is 0. The summed E-state index contributed by atoms with van der Waals surface area (Å²) in [5.41, 5.74) is 9.74. The van der Waals surface area contributed by atoms with Crippen LogP contribution < -0.4 is 0 Å². The maximum atomic E-state index is 5.12. The SMILES string of the molecule is c1ccc(-c2nc(-c3ccccc3)nc(-n3c4ccccc4c4ccc(-c5ccc6c7ccccc7n(-c7ccccc7)c6c5)cc43)n2)cc1. The largest absolute Gasteiger partial charge is 0.309 e. The Hall–Kier alpha value is -6.85. The molecule has 0 atom stereocenters. The van der Waals surface area contributed by atoms with Crippen LogP contribution in [0.2, 0.25) is 0 Å². The number of nitrogens with zero attached hydrogens (tertiary/aromatic N) is 5. The van der Waals surface area contributed by atoms with E-state index >= 15 is 0 Å². The molecule has 5 heteroatoms. The first-order valence-electron chi connectivity index (χ1n) is 16.8. The molecule has 0 saturated heterocycles. The molecule has 0 fully saturated rings. The second-order valence-corrected chi connectivity index (χ2v) is 12.5. The van der Waals surface area contributed by atoms with Gasteiger partial charge >= 0.3 is 0 Å².